The molecule has 0 bridgehead atoms. The second-order valence-corrected chi connectivity index (χ2v) is 8.63. The molecule has 1 aliphatic carbocycles. The van der Waals surface area contributed by atoms with Gasteiger partial charge in [-0.3, -0.25) is 10.1 Å². The Bertz CT molecular complexity index is 1180. The number of nitrogens with one attached hydrogen (secondary N) is 2. The highest BCUT2D eigenvalue weighted by atomic mass is 35.5. The van der Waals surface area contributed by atoms with Crippen LogP contribution in [0.5, 0.6) is 0 Å². The van der Waals surface area contributed by atoms with Gasteiger partial charge in [-0.1, -0.05) is 77.4 Å². The van der Waals surface area contributed by atoms with Crippen LogP contribution in [0.2, 0.25) is 10.0 Å². The number of amidine groups is 1. The first-order chi connectivity index (χ1) is 15.8. The molecule has 2 aromatic carbocycles. The molecule has 6 nitrogen and oxygen atoms in total. The van der Waals surface area contributed by atoms with Crippen LogP contribution in [0, 0.1) is 11.3 Å². The molecule has 0 aromatic heterocycles. The van der Waals surface area contributed by atoms with Gasteiger partial charge in [0, 0.05) is 17.1 Å². The number of allylic oxidation sites excluding steroid dienone is 4. The fraction of sp³-hybridized carbons (Fsp3) is 0.167. The van der Waals surface area contributed by atoms with Gasteiger partial charge in [0.15, 0.2) is 11.0 Å². The largest absolute Gasteiger partial charge is 0.453 e. The summed E-state index contributed by atoms with van der Waals surface area (Å²) in [4.78, 5) is 29.3. The molecule has 9 heteroatoms. The van der Waals surface area contributed by atoms with Crippen molar-refractivity contribution in [3.05, 3.63) is 93.1 Å². The number of methoxy groups -OCH3 is 1. The van der Waals surface area contributed by atoms with Crippen molar-refractivity contribution in [2.75, 3.05) is 13.4 Å². The predicted octanol–water partition coefficient (Wildman–Crippen LogP) is 5.95. The first-order valence-electron chi connectivity index (χ1n) is 9.86. The third-order valence-corrected chi connectivity index (χ3v) is 6.27. The van der Waals surface area contributed by atoms with Gasteiger partial charge >= 0.3 is 6.09 Å². The molecule has 3 rings (SSSR count). The summed E-state index contributed by atoms with van der Waals surface area (Å²) in [5.74, 6) is -0.734. The molecule has 0 radical (unpaired) electrons. The Balaban J connectivity index is 2.01. The van der Waals surface area contributed by atoms with Gasteiger partial charge in [0.05, 0.1) is 28.6 Å². The molecule has 1 atom stereocenters. The number of ketones is 1. The number of benzene rings is 2. The summed E-state index contributed by atoms with van der Waals surface area (Å²) in [7, 11) is 1.26. The number of thioether (sulfide) groups is 1. The average Bonchev–Trinajstić information content (AvgIpc) is 2.83. The van der Waals surface area contributed by atoms with E-state index in [1.807, 2.05) is 12.1 Å². The number of amides is 1. The smallest absolute Gasteiger partial charge is 0.412 e. The molecule has 0 saturated heterocycles. The van der Waals surface area contributed by atoms with Crippen LogP contribution in [0.4, 0.5) is 4.79 Å². The van der Waals surface area contributed by atoms with E-state index in [0.29, 0.717) is 33.3 Å². The number of halogens is 2. The number of aliphatic imine (C=N–C) groups is 1. The Morgan fingerprint density at radius 3 is 2.48 bits per heavy atom. The van der Waals surface area contributed by atoms with Gasteiger partial charge < -0.3 is 10.1 Å². The van der Waals surface area contributed by atoms with Crippen molar-refractivity contribution in [1.29, 1.82) is 5.41 Å². The Hall–Kier alpha value is -2.87. The minimum absolute atomic E-state index is 0.154. The van der Waals surface area contributed by atoms with Crippen molar-refractivity contribution in [1.82, 2.24) is 5.32 Å². The normalized spacial score (nSPS) is 16.1. The van der Waals surface area contributed by atoms with Crippen LogP contribution in [-0.4, -0.2) is 36.1 Å². The number of Topliss-reactive ketones (excluding diaryl/α,β-unsaturated/α-hetero) is 1. The number of hydrogen-bond donors (Lipinski definition) is 2. The van der Waals surface area contributed by atoms with Crippen LogP contribution in [0.15, 0.2) is 76.9 Å². The maximum Gasteiger partial charge on any atom is 0.412 e. The molecular formula is C24H21Cl2N3O3S. The summed E-state index contributed by atoms with van der Waals surface area (Å²) in [6.45, 7) is 0. The Morgan fingerprint density at radius 2 is 1.85 bits per heavy atom. The predicted molar refractivity (Wildman–Crippen MR) is 135 cm³/mol. The van der Waals surface area contributed by atoms with Gasteiger partial charge in [-0.15, -0.1) is 0 Å². The lowest BCUT2D eigenvalue weighted by Gasteiger charge is -2.25. The summed E-state index contributed by atoms with van der Waals surface area (Å²) in [5, 5.41) is 12.5. The summed E-state index contributed by atoms with van der Waals surface area (Å²) in [5.41, 5.74) is 2.33. The minimum atomic E-state index is -0.658. The summed E-state index contributed by atoms with van der Waals surface area (Å²) in [6.07, 6.45) is 4.74. The van der Waals surface area contributed by atoms with Gasteiger partial charge in [0.1, 0.15) is 0 Å². The number of hydrogen-bond acceptors (Lipinski definition) is 6. The zero-order chi connectivity index (χ0) is 24.0. The lowest BCUT2D eigenvalue weighted by Crippen LogP contribution is -2.30. The fourth-order valence-corrected chi connectivity index (χ4v) is 3.98. The van der Waals surface area contributed by atoms with E-state index < -0.39 is 12.0 Å². The van der Waals surface area contributed by atoms with Crippen LogP contribution < -0.4 is 5.32 Å². The van der Waals surface area contributed by atoms with Crippen LogP contribution in [0.25, 0.3) is 0 Å². The molecule has 0 heterocycles. The zero-order valence-corrected chi connectivity index (χ0v) is 20.2. The third kappa shape index (κ3) is 6.13. The van der Waals surface area contributed by atoms with Crippen LogP contribution in [0.1, 0.15) is 15.9 Å². The van der Waals surface area contributed by atoms with Crippen LogP contribution in [0.3, 0.4) is 0 Å². The topological polar surface area (TPSA) is 91.6 Å². The highest BCUT2D eigenvalue weighted by Gasteiger charge is 2.30. The molecular weight excluding hydrogens is 481 g/mol. The quantitative estimate of drug-likeness (QED) is 0.300. The molecule has 33 heavy (non-hydrogen) atoms. The first-order valence-corrected chi connectivity index (χ1v) is 11.8. The van der Waals surface area contributed by atoms with E-state index >= 15 is 0 Å². The van der Waals surface area contributed by atoms with Gasteiger partial charge in [-0.05, 0) is 36.4 Å². The van der Waals surface area contributed by atoms with Crippen molar-refractivity contribution in [3.8, 4) is 0 Å². The number of nitrogens with zero attached hydrogens (tertiary/aromatic N) is 1. The van der Waals surface area contributed by atoms with Crippen molar-refractivity contribution in [3.63, 3.8) is 0 Å². The molecule has 1 unspecified atom stereocenters. The number of rotatable bonds is 5. The summed E-state index contributed by atoms with van der Waals surface area (Å²) in [6, 6.07) is 14.2. The van der Waals surface area contributed by atoms with E-state index in [-0.39, 0.29) is 16.7 Å². The average molecular weight is 502 g/mol. The first kappa shape index (κ1) is 24.8. The van der Waals surface area contributed by atoms with E-state index in [4.69, 9.17) is 28.6 Å². The van der Waals surface area contributed by atoms with Crippen LogP contribution >= 0.6 is 35.0 Å². The summed E-state index contributed by atoms with van der Waals surface area (Å²) < 4.78 is 4.62. The second-order valence-electron chi connectivity index (χ2n) is 7.03. The molecule has 0 saturated carbocycles. The monoisotopic (exact) mass is 501 g/mol. The standard InChI is InChI=1S/C24H21Cl2N3O3S/c1-32-24(31)29-23(33-2)28-20-11-9-16(22(30)15-6-4-3-5-7-15)17(21(20)27)12-14-8-10-18(25)19(26)13-14/h3-11,13,17,27H,12H2,1-2H3,(H,28,29,31). The van der Waals surface area contributed by atoms with Crippen molar-refractivity contribution >= 4 is 57.7 Å². The van der Waals surface area contributed by atoms with E-state index in [1.54, 1.807) is 54.8 Å². The molecule has 0 aliphatic heterocycles. The Labute approximate surface area is 206 Å². The molecule has 170 valence electrons. The second kappa shape index (κ2) is 11.3. The Morgan fingerprint density at radius 1 is 1.12 bits per heavy atom. The fourth-order valence-electron chi connectivity index (χ4n) is 3.28. The molecule has 1 amide bonds. The summed E-state index contributed by atoms with van der Waals surface area (Å²) >= 11 is 13.4. The molecule has 1 aliphatic rings. The third-order valence-electron chi connectivity index (χ3n) is 4.95. The molecule has 0 fully saturated rings. The highest BCUT2D eigenvalue weighted by molar-refractivity contribution is 8.13. The molecule has 2 aromatic rings. The lowest BCUT2D eigenvalue weighted by atomic mass is 9.80. The van der Waals surface area contributed by atoms with Crippen molar-refractivity contribution < 1.29 is 14.3 Å². The van der Waals surface area contributed by atoms with E-state index in [2.05, 4.69) is 15.0 Å². The van der Waals surface area contributed by atoms with Crippen molar-refractivity contribution in [2.45, 2.75) is 6.42 Å². The van der Waals surface area contributed by atoms with E-state index in [9.17, 15) is 9.59 Å². The number of carbonyl (C=O) groups excluding carboxylic acids is 2. The number of alkyl carbamates (subject to hydrolysis) is 1. The zero-order valence-electron chi connectivity index (χ0n) is 17.9. The maximum atomic E-state index is 13.3. The van der Waals surface area contributed by atoms with Gasteiger partial charge in [-0.2, -0.15) is 0 Å². The Kier molecular flexibility index (Phi) is 8.49. The minimum Gasteiger partial charge on any atom is -0.453 e. The molecule has 2 N–H and O–H groups in total. The highest BCUT2D eigenvalue weighted by Crippen LogP contribution is 2.31. The van der Waals surface area contributed by atoms with Crippen LogP contribution in [-0.2, 0) is 11.2 Å². The van der Waals surface area contributed by atoms with E-state index in [1.165, 1.54) is 18.9 Å². The van der Waals surface area contributed by atoms with Crippen molar-refractivity contribution in [2.24, 2.45) is 10.9 Å². The van der Waals surface area contributed by atoms with Gasteiger partial charge in [-0.25, -0.2) is 9.79 Å². The van der Waals surface area contributed by atoms with Gasteiger partial charge in [0.25, 0.3) is 0 Å². The molecule has 0 spiro atoms. The number of ether oxygens (including phenoxy) is 1. The number of carbonyl (C=O) groups is 2. The maximum absolute atomic E-state index is 13.3. The van der Waals surface area contributed by atoms with E-state index in [0.717, 1.165) is 5.56 Å². The van der Waals surface area contributed by atoms with Gasteiger partial charge in [0.2, 0.25) is 0 Å². The SMILES string of the molecule is COC(=O)NC(=NC1=CC=C(C(=O)c2ccccc2)C(Cc2ccc(Cl)c(Cl)c2)C1=N)SC. The lowest BCUT2D eigenvalue weighted by molar-refractivity contribution is 0.102.